The Morgan fingerprint density at radius 1 is 0.912 bits per heavy atom. The molecule has 8 nitrogen and oxygen atoms in total. The Balaban J connectivity index is 1.44. The molecule has 0 unspecified atom stereocenters. The minimum Gasteiger partial charge on any atom is -0.376 e. The van der Waals surface area contributed by atoms with E-state index in [4.69, 9.17) is 18.9 Å². The van der Waals surface area contributed by atoms with Gasteiger partial charge in [-0.2, -0.15) is 0 Å². The van der Waals surface area contributed by atoms with Crippen LogP contribution in [0.4, 0.5) is 4.79 Å². The second-order valence-corrected chi connectivity index (χ2v) is 9.40. The highest BCUT2D eigenvalue weighted by molar-refractivity contribution is 5.97. The fourth-order valence-corrected chi connectivity index (χ4v) is 5.07. The lowest BCUT2D eigenvalue weighted by atomic mass is 9.96. The van der Waals surface area contributed by atoms with Crippen LogP contribution >= 0.6 is 0 Å². The topological polar surface area (TPSA) is 77.5 Å². The smallest absolute Gasteiger partial charge is 0.327 e. The molecule has 3 heterocycles. The third-order valence-corrected chi connectivity index (χ3v) is 6.62. The number of benzene rings is 2. The zero-order valence-electron chi connectivity index (χ0n) is 19.6. The van der Waals surface area contributed by atoms with Gasteiger partial charge in [0.2, 0.25) is 5.91 Å². The molecule has 2 aromatic carbocycles. The van der Waals surface area contributed by atoms with Crippen LogP contribution in [0.25, 0.3) is 0 Å². The summed E-state index contributed by atoms with van der Waals surface area (Å²) in [7, 11) is 1.59. The predicted octanol–water partition coefficient (Wildman–Crippen LogP) is 3.30. The van der Waals surface area contributed by atoms with Crippen LogP contribution in [0.5, 0.6) is 0 Å². The lowest BCUT2D eigenvalue weighted by Gasteiger charge is -2.43. The van der Waals surface area contributed by atoms with E-state index < -0.39 is 36.4 Å². The molecule has 5 rings (SSSR count). The van der Waals surface area contributed by atoms with Crippen molar-refractivity contribution in [1.29, 1.82) is 0 Å². The third-order valence-electron chi connectivity index (χ3n) is 6.62. The van der Waals surface area contributed by atoms with Gasteiger partial charge in [0.25, 0.3) is 0 Å². The van der Waals surface area contributed by atoms with Crippen LogP contribution in [-0.4, -0.2) is 65.3 Å². The molecule has 3 aliphatic heterocycles. The van der Waals surface area contributed by atoms with Gasteiger partial charge < -0.3 is 23.8 Å². The Hall–Kier alpha value is -2.78. The molecule has 0 aromatic heterocycles. The molecule has 0 radical (unpaired) electrons. The first-order valence-corrected chi connectivity index (χ1v) is 11.6. The summed E-state index contributed by atoms with van der Waals surface area (Å²) in [6, 6.07) is 18.4. The Bertz CT molecular complexity index is 1030. The minimum absolute atomic E-state index is 0.124. The van der Waals surface area contributed by atoms with E-state index in [1.165, 1.54) is 4.90 Å². The van der Waals surface area contributed by atoms with Crippen molar-refractivity contribution in [1.82, 2.24) is 9.80 Å². The number of fused-ring (bicyclic) bond motifs is 1. The van der Waals surface area contributed by atoms with Crippen molar-refractivity contribution in [2.45, 2.75) is 69.8 Å². The molecular weight excluding hydrogens is 436 g/mol. The number of hydrogen-bond acceptors (Lipinski definition) is 6. The summed E-state index contributed by atoms with van der Waals surface area (Å²) in [6.45, 7) is 4.23. The van der Waals surface area contributed by atoms with Crippen molar-refractivity contribution in [3.05, 3.63) is 71.8 Å². The van der Waals surface area contributed by atoms with Gasteiger partial charge in [0.05, 0.1) is 19.0 Å². The van der Waals surface area contributed by atoms with Gasteiger partial charge in [-0.15, -0.1) is 0 Å². The zero-order chi connectivity index (χ0) is 23.9. The maximum absolute atomic E-state index is 13.7. The number of carbonyl (C=O) groups is 2. The number of nitrogens with zero attached hydrogens (tertiary/aromatic N) is 2. The molecule has 3 saturated heterocycles. The van der Waals surface area contributed by atoms with Gasteiger partial charge in [0.1, 0.15) is 18.3 Å². The largest absolute Gasteiger partial charge is 0.376 e. The van der Waals surface area contributed by atoms with E-state index >= 15 is 0 Å². The molecular formula is C26H30N2O6. The predicted molar refractivity (Wildman–Crippen MR) is 122 cm³/mol. The van der Waals surface area contributed by atoms with E-state index in [-0.39, 0.29) is 24.9 Å². The van der Waals surface area contributed by atoms with E-state index in [0.29, 0.717) is 6.54 Å². The van der Waals surface area contributed by atoms with Gasteiger partial charge in [0, 0.05) is 13.7 Å². The number of ether oxygens (including phenoxy) is 4. The lowest BCUT2D eigenvalue weighted by molar-refractivity contribution is -0.224. The zero-order valence-corrected chi connectivity index (χ0v) is 19.6. The third kappa shape index (κ3) is 4.34. The van der Waals surface area contributed by atoms with E-state index in [2.05, 4.69) is 0 Å². The van der Waals surface area contributed by atoms with Crippen LogP contribution in [-0.2, 0) is 36.8 Å². The van der Waals surface area contributed by atoms with Crippen molar-refractivity contribution in [2.24, 2.45) is 0 Å². The Morgan fingerprint density at radius 2 is 1.53 bits per heavy atom. The maximum Gasteiger partial charge on any atom is 0.327 e. The highest BCUT2D eigenvalue weighted by Crippen LogP contribution is 2.41. The van der Waals surface area contributed by atoms with Crippen LogP contribution in [0.15, 0.2) is 60.7 Å². The number of rotatable bonds is 6. The molecule has 3 aliphatic rings. The summed E-state index contributed by atoms with van der Waals surface area (Å²) in [4.78, 5) is 30.0. The van der Waals surface area contributed by atoms with Gasteiger partial charge in [-0.3, -0.25) is 9.69 Å². The van der Waals surface area contributed by atoms with Gasteiger partial charge >= 0.3 is 6.03 Å². The van der Waals surface area contributed by atoms with Crippen LogP contribution in [0, 0.1) is 0 Å². The van der Waals surface area contributed by atoms with E-state index in [0.717, 1.165) is 11.1 Å². The summed E-state index contributed by atoms with van der Waals surface area (Å²) in [6.07, 6.45) is -1.96. The van der Waals surface area contributed by atoms with Crippen molar-refractivity contribution in [3.63, 3.8) is 0 Å². The molecule has 2 aromatic rings. The summed E-state index contributed by atoms with van der Waals surface area (Å²) < 4.78 is 24.0. The first-order chi connectivity index (χ1) is 16.4. The Morgan fingerprint density at radius 3 is 2.15 bits per heavy atom. The molecule has 8 heteroatoms. The Labute approximate surface area is 199 Å². The number of amides is 3. The van der Waals surface area contributed by atoms with Crippen LogP contribution in [0.1, 0.15) is 31.4 Å². The van der Waals surface area contributed by atoms with Gasteiger partial charge in [-0.05, 0) is 25.0 Å². The highest BCUT2D eigenvalue weighted by atomic mass is 16.8. The fraction of sp³-hybridized carbons (Fsp3) is 0.462. The first kappa shape index (κ1) is 23.0. The molecule has 0 N–H and O–H groups in total. The average molecular weight is 467 g/mol. The molecule has 0 saturated carbocycles. The van der Waals surface area contributed by atoms with Crippen LogP contribution < -0.4 is 0 Å². The number of urea groups is 1. The minimum atomic E-state index is -0.786. The van der Waals surface area contributed by atoms with Crippen molar-refractivity contribution in [3.8, 4) is 0 Å². The summed E-state index contributed by atoms with van der Waals surface area (Å²) >= 11 is 0. The monoisotopic (exact) mass is 466 g/mol. The Kier molecular flexibility index (Phi) is 6.16. The molecule has 180 valence electrons. The number of carbonyl (C=O) groups excluding carboxylic acids is 2. The van der Waals surface area contributed by atoms with Gasteiger partial charge in [0.15, 0.2) is 12.1 Å². The van der Waals surface area contributed by atoms with Crippen LogP contribution in [0.3, 0.4) is 0 Å². The summed E-state index contributed by atoms with van der Waals surface area (Å²) in [5.74, 6) is -1.02. The molecule has 0 aliphatic carbocycles. The van der Waals surface area contributed by atoms with E-state index in [1.54, 1.807) is 12.0 Å². The normalized spacial score (nSPS) is 30.6. The van der Waals surface area contributed by atoms with Crippen molar-refractivity contribution < 1.29 is 28.5 Å². The van der Waals surface area contributed by atoms with E-state index in [9.17, 15) is 9.59 Å². The molecule has 0 spiro atoms. The maximum atomic E-state index is 13.7. The fourth-order valence-electron chi connectivity index (χ4n) is 5.07. The molecule has 3 fully saturated rings. The number of imide groups is 1. The second kappa shape index (κ2) is 9.11. The molecule has 34 heavy (non-hydrogen) atoms. The van der Waals surface area contributed by atoms with Gasteiger partial charge in [-0.1, -0.05) is 60.7 Å². The summed E-state index contributed by atoms with van der Waals surface area (Å²) in [5, 5.41) is 0. The number of methoxy groups -OCH3 is 1. The van der Waals surface area contributed by atoms with Crippen molar-refractivity contribution >= 4 is 11.9 Å². The lowest BCUT2D eigenvalue weighted by Crippen LogP contribution is -2.61. The standard InChI is InChI=1S/C26H30N2O6/c1-26(2)33-23-22(31-3)21(32-24(23)34-26)19-14-20(29)28(16-18-12-8-5-9-13-18)25(30)27(19)15-17-10-6-4-7-11-17/h4-13,19,21-24H,14-16H2,1-3H3/t19-,21+,22-,23+,24+/m0/s1. The van der Waals surface area contributed by atoms with Gasteiger partial charge in [-0.25, -0.2) is 4.79 Å². The second-order valence-electron chi connectivity index (χ2n) is 9.40. The number of hydrogen-bond donors (Lipinski definition) is 0. The van der Waals surface area contributed by atoms with Crippen molar-refractivity contribution in [2.75, 3.05) is 7.11 Å². The van der Waals surface area contributed by atoms with Crippen LogP contribution in [0.2, 0.25) is 0 Å². The molecule has 5 atom stereocenters. The quantitative estimate of drug-likeness (QED) is 0.650. The first-order valence-electron chi connectivity index (χ1n) is 11.6. The SMILES string of the molecule is CO[C@@H]1[C@H]2OC(C)(C)O[C@H]2O[C@@H]1[C@@H]1CC(=O)N(Cc2ccccc2)C(=O)N1Cc1ccccc1. The van der Waals surface area contributed by atoms with E-state index in [1.807, 2.05) is 74.5 Å². The molecule has 3 amide bonds. The molecule has 0 bridgehead atoms. The highest BCUT2D eigenvalue weighted by Gasteiger charge is 2.59. The average Bonchev–Trinajstić information content (AvgIpc) is 3.30. The summed E-state index contributed by atoms with van der Waals surface area (Å²) in [5.41, 5.74) is 1.86.